The van der Waals surface area contributed by atoms with Gasteiger partial charge in [0.2, 0.25) is 0 Å². The molecule has 1 rings (SSSR count). The number of aliphatic hydroxyl groups excluding tert-OH is 1. The molecule has 1 saturated carbocycles. The largest absolute Gasteiger partial charge is 0.396 e. The zero-order valence-electron chi connectivity index (χ0n) is 11.1. The molecule has 0 aliphatic heterocycles. The van der Waals surface area contributed by atoms with Crippen molar-refractivity contribution in [1.82, 2.24) is 0 Å². The van der Waals surface area contributed by atoms with Crippen molar-refractivity contribution < 1.29 is 5.11 Å². The first-order valence-electron chi connectivity index (χ1n) is 7.45. The lowest BCUT2D eigenvalue weighted by Gasteiger charge is -2.22. The Bertz CT molecular complexity index is 144. The molecule has 1 nitrogen and oxygen atoms in total. The Morgan fingerprint density at radius 1 is 0.812 bits per heavy atom. The molecule has 0 spiro atoms. The molecule has 0 bridgehead atoms. The van der Waals surface area contributed by atoms with Crippen LogP contribution in [0.5, 0.6) is 0 Å². The smallest absolute Gasteiger partial charge is 0.0459 e. The van der Waals surface area contributed by atoms with E-state index in [1.165, 1.54) is 70.6 Å². The normalized spacial score (nSPS) is 24.4. The van der Waals surface area contributed by atoms with Gasteiger partial charge in [0, 0.05) is 6.61 Å². The van der Waals surface area contributed by atoms with Gasteiger partial charge >= 0.3 is 0 Å². The Morgan fingerprint density at radius 2 is 1.19 bits per heavy atom. The van der Waals surface area contributed by atoms with Crippen LogP contribution in [0.2, 0.25) is 0 Å². The molecule has 0 radical (unpaired) electrons. The summed E-state index contributed by atoms with van der Waals surface area (Å²) in [7, 11) is 0. The van der Waals surface area contributed by atoms with Gasteiger partial charge in [-0.25, -0.2) is 0 Å². The molecule has 1 heteroatoms. The second-order valence-corrected chi connectivity index (χ2v) is 5.68. The molecule has 0 saturated heterocycles. The van der Waals surface area contributed by atoms with Crippen molar-refractivity contribution in [1.29, 1.82) is 0 Å². The van der Waals surface area contributed by atoms with Crippen LogP contribution in [0.3, 0.4) is 0 Å². The molecule has 1 unspecified atom stereocenters. The Hall–Kier alpha value is -0.0400. The summed E-state index contributed by atoms with van der Waals surface area (Å²) in [6.07, 6.45) is 15.5. The minimum atomic E-state index is 0.380. The van der Waals surface area contributed by atoms with E-state index in [-0.39, 0.29) is 0 Å². The third kappa shape index (κ3) is 5.89. The number of rotatable bonds is 2. The minimum Gasteiger partial charge on any atom is -0.396 e. The second kappa shape index (κ2) is 9.04. The maximum absolute atomic E-state index is 9.28. The summed E-state index contributed by atoms with van der Waals surface area (Å²) < 4.78 is 0. The topological polar surface area (TPSA) is 20.2 Å². The summed E-state index contributed by atoms with van der Waals surface area (Å²) in [4.78, 5) is 0. The lowest BCUT2D eigenvalue weighted by molar-refractivity contribution is 0.171. The van der Waals surface area contributed by atoms with E-state index in [0.717, 1.165) is 5.92 Å². The van der Waals surface area contributed by atoms with Crippen molar-refractivity contribution in [3.8, 4) is 0 Å². The standard InChI is InChI=1S/C15H30O/c1-14(13-16)15-11-9-7-5-3-2-4-6-8-10-12-15/h14-16H,2-13H2,1H3. The van der Waals surface area contributed by atoms with E-state index in [2.05, 4.69) is 6.92 Å². The van der Waals surface area contributed by atoms with Crippen LogP contribution in [-0.4, -0.2) is 11.7 Å². The van der Waals surface area contributed by atoms with Crippen LogP contribution in [0.1, 0.15) is 77.6 Å². The summed E-state index contributed by atoms with van der Waals surface area (Å²) in [6, 6.07) is 0. The van der Waals surface area contributed by atoms with Crippen molar-refractivity contribution in [2.24, 2.45) is 11.8 Å². The summed E-state index contributed by atoms with van der Waals surface area (Å²) in [6.45, 7) is 2.60. The van der Waals surface area contributed by atoms with E-state index in [4.69, 9.17) is 0 Å². The zero-order chi connectivity index (χ0) is 11.6. The first kappa shape index (κ1) is 14.0. The molecule has 16 heavy (non-hydrogen) atoms. The van der Waals surface area contributed by atoms with Crippen LogP contribution in [0.15, 0.2) is 0 Å². The predicted molar refractivity (Wildman–Crippen MR) is 70.5 cm³/mol. The fourth-order valence-electron chi connectivity index (χ4n) is 2.91. The zero-order valence-corrected chi connectivity index (χ0v) is 11.1. The molecule has 0 heterocycles. The third-order valence-electron chi connectivity index (χ3n) is 4.24. The van der Waals surface area contributed by atoms with Crippen molar-refractivity contribution in [2.75, 3.05) is 6.61 Å². The molecule has 96 valence electrons. The lowest BCUT2D eigenvalue weighted by atomic mass is 9.84. The van der Waals surface area contributed by atoms with E-state index in [9.17, 15) is 5.11 Å². The monoisotopic (exact) mass is 226 g/mol. The average Bonchev–Trinajstić information content (AvgIpc) is 2.29. The van der Waals surface area contributed by atoms with Gasteiger partial charge in [-0.15, -0.1) is 0 Å². The Labute approximate surface area is 102 Å². The fraction of sp³-hybridized carbons (Fsp3) is 1.00. The SMILES string of the molecule is CC(CO)C1CCCCCCCCCCC1. The Kier molecular flexibility index (Phi) is 7.92. The van der Waals surface area contributed by atoms with Crippen LogP contribution in [-0.2, 0) is 0 Å². The van der Waals surface area contributed by atoms with Crippen LogP contribution in [0.4, 0.5) is 0 Å². The third-order valence-corrected chi connectivity index (χ3v) is 4.24. The highest BCUT2D eigenvalue weighted by Gasteiger charge is 2.16. The highest BCUT2D eigenvalue weighted by atomic mass is 16.3. The van der Waals surface area contributed by atoms with Gasteiger partial charge in [-0.2, -0.15) is 0 Å². The molecular weight excluding hydrogens is 196 g/mol. The Morgan fingerprint density at radius 3 is 1.56 bits per heavy atom. The highest BCUT2D eigenvalue weighted by molar-refractivity contribution is 4.67. The maximum Gasteiger partial charge on any atom is 0.0459 e. The van der Waals surface area contributed by atoms with Gasteiger partial charge < -0.3 is 5.11 Å². The lowest BCUT2D eigenvalue weighted by Crippen LogP contribution is -2.15. The first-order chi connectivity index (χ1) is 7.84. The molecule has 1 fully saturated rings. The number of aliphatic hydroxyl groups is 1. The van der Waals surface area contributed by atoms with E-state index in [0.29, 0.717) is 12.5 Å². The van der Waals surface area contributed by atoms with Crippen molar-refractivity contribution in [3.05, 3.63) is 0 Å². The van der Waals surface area contributed by atoms with E-state index in [1.54, 1.807) is 0 Å². The van der Waals surface area contributed by atoms with Crippen LogP contribution in [0, 0.1) is 11.8 Å². The minimum absolute atomic E-state index is 0.380. The summed E-state index contributed by atoms with van der Waals surface area (Å²) in [5.74, 6) is 1.30. The summed E-state index contributed by atoms with van der Waals surface area (Å²) in [5, 5.41) is 9.28. The molecular formula is C15H30O. The molecule has 0 aromatic heterocycles. The predicted octanol–water partition coefficient (Wildman–Crippen LogP) is 4.54. The molecule has 0 aromatic rings. The maximum atomic E-state index is 9.28. The van der Waals surface area contributed by atoms with Crippen molar-refractivity contribution in [2.45, 2.75) is 77.6 Å². The molecule has 0 amide bonds. The molecule has 1 atom stereocenters. The van der Waals surface area contributed by atoms with Gasteiger partial charge in [0.05, 0.1) is 0 Å². The van der Waals surface area contributed by atoms with Gasteiger partial charge in [0.15, 0.2) is 0 Å². The van der Waals surface area contributed by atoms with Gasteiger partial charge in [-0.05, 0) is 11.8 Å². The van der Waals surface area contributed by atoms with Crippen molar-refractivity contribution in [3.63, 3.8) is 0 Å². The summed E-state index contributed by atoms with van der Waals surface area (Å²) in [5.41, 5.74) is 0. The van der Waals surface area contributed by atoms with Gasteiger partial charge in [-0.1, -0.05) is 77.6 Å². The number of hydrogen-bond acceptors (Lipinski definition) is 1. The number of hydrogen-bond donors (Lipinski definition) is 1. The van der Waals surface area contributed by atoms with E-state index >= 15 is 0 Å². The van der Waals surface area contributed by atoms with Crippen LogP contribution >= 0.6 is 0 Å². The molecule has 0 aromatic carbocycles. The second-order valence-electron chi connectivity index (χ2n) is 5.68. The van der Waals surface area contributed by atoms with Gasteiger partial charge in [0.25, 0.3) is 0 Å². The quantitative estimate of drug-likeness (QED) is 0.733. The molecule has 1 N–H and O–H groups in total. The molecule has 1 aliphatic carbocycles. The fourth-order valence-corrected chi connectivity index (χ4v) is 2.91. The van der Waals surface area contributed by atoms with Crippen molar-refractivity contribution >= 4 is 0 Å². The van der Waals surface area contributed by atoms with Gasteiger partial charge in [0.1, 0.15) is 0 Å². The van der Waals surface area contributed by atoms with E-state index in [1.807, 2.05) is 0 Å². The Balaban J connectivity index is 2.30. The average molecular weight is 226 g/mol. The van der Waals surface area contributed by atoms with Crippen LogP contribution in [0.25, 0.3) is 0 Å². The van der Waals surface area contributed by atoms with E-state index < -0.39 is 0 Å². The summed E-state index contributed by atoms with van der Waals surface area (Å²) >= 11 is 0. The first-order valence-corrected chi connectivity index (χ1v) is 7.45. The molecule has 1 aliphatic rings. The van der Waals surface area contributed by atoms with Gasteiger partial charge in [-0.3, -0.25) is 0 Å². The highest BCUT2D eigenvalue weighted by Crippen LogP contribution is 2.26. The van der Waals surface area contributed by atoms with Crippen LogP contribution < -0.4 is 0 Å².